The molecule has 4 nitrogen and oxygen atoms in total. The maximum absolute atomic E-state index is 9.85. The maximum Gasteiger partial charge on any atom is 0.505 e. The highest BCUT2D eigenvalue weighted by Crippen LogP contribution is 1.98. The molecule has 12 heavy (non-hydrogen) atoms. The van der Waals surface area contributed by atoms with E-state index >= 15 is 0 Å². The first kappa shape index (κ1) is 14.1. The van der Waals surface area contributed by atoms with Crippen LogP contribution < -0.4 is 5.73 Å². The van der Waals surface area contributed by atoms with Crippen LogP contribution in [0.25, 0.3) is 0 Å². The molecule has 0 fully saturated rings. The van der Waals surface area contributed by atoms with Crippen LogP contribution in [0.3, 0.4) is 0 Å². The van der Waals surface area contributed by atoms with Crippen LogP contribution in [0.5, 0.6) is 0 Å². The summed E-state index contributed by atoms with van der Waals surface area (Å²) in [5, 5.41) is 8.07. The highest BCUT2D eigenvalue weighted by Gasteiger charge is 1.94. The first-order chi connectivity index (χ1) is 5.27. The third-order valence-electron chi connectivity index (χ3n) is 1.32. The molecule has 0 aromatic heterocycles. The summed E-state index contributed by atoms with van der Waals surface area (Å²) in [4.78, 5) is 9.85. The van der Waals surface area contributed by atoms with Gasteiger partial charge in [0.1, 0.15) is 0 Å². The molecule has 0 saturated heterocycles. The fraction of sp³-hybridized carbons (Fsp3) is 0.857. The van der Waals surface area contributed by atoms with Crippen molar-refractivity contribution in [1.29, 1.82) is 0 Å². The summed E-state index contributed by atoms with van der Waals surface area (Å²) >= 11 is 0. The summed E-state index contributed by atoms with van der Waals surface area (Å²) in [7, 11) is 0. The Labute approximate surface area is 78.5 Å². The van der Waals surface area contributed by atoms with Crippen LogP contribution in [-0.4, -0.2) is 24.4 Å². The van der Waals surface area contributed by atoms with Gasteiger partial charge in [0.25, 0.3) is 0 Å². The van der Waals surface area contributed by atoms with Crippen LogP contribution in [0.1, 0.15) is 25.7 Å². The van der Waals surface area contributed by atoms with Crippen molar-refractivity contribution in [3.63, 3.8) is 0 Å². The number of hydrogen-bond donors (Lipinski definition) is 2. The summed E-state index contributed by atoms with van der Waals surface area (Å²) < 4.78 is 4.31. The molecule has 0 aromatic carbocycles. The lowest BCUT2D eigenvalue weighted by molar-refractivity contribution is 0.0900. The van der Waals surface area contributed by atoms with Gasteiger partial charge in [-0.3, -0.25) is 0 Å². The largest absolute Gasteiger partial charge is 0.505 e. The molecule has 3 N–H and O–H groups in total. The van der Waals surface area contributed by atoms with Gasteiger partial charge in [-0.2, -0.15) is 0 Å². The molecule has 0 aliphatic heterocycles. The number of carboxylic acid groups (broad SMARTS) is 1. The molecule has 0 radical (unpaired) electrons. The molecule has 0 spiro atoms. The predicted molar refractivity (Wildman–Crippen MR) is 48.7 cm³/mol. The first-order valence-electron chi connectivity index (χ1n) is 3.83. The Morgan fingerprint density at radius 1 is 1.25 bits per heavy atom. The lowest BCUT2D eigenvalue weighted by Gasteiger charge is -1.99. The molecule has 0 rings (SSSR count). The number of ether oxygens (including phenoxy) is 1. The monoisotopic (exact) mass is 197 g/mol. The fourth-order valence-electron chi connectivity index (χ4n) is 0.759. The van der Waals surface area contributed by atoms with E-state index in [0.717, 1.165) is 25.7 Å². The lowest BCUT2D eigenvalue weighted by atomic mass is 10.2. The Balaban J connectivity index is 0. The summed E-state index contributed by atoms with van der Waals surface area (Å²) in [6.07, 6.45) is 2.66. The zero-order chi connectivity index (χ0) is 8.53. The average molecular weight is 198 g/mol. The molecule has 0 aliphatic rings. The second-order valence-corrected chi connectivity index (χ2v) is 2.32. The molecule has 0 bridgehead atoms. The van der Waals surface area contributed by atoms with E-state index in [-0.39, 0.29) is 12.4 Å². The van der Waals surface area contributed by atoms with E-state index in [2.05, 4.69) is 4.74 Å². The van der Waals surface area contributed by atoms with Crippen molar-refractivity contribution in [1.82, 2.24) is 0 Å². The van der Waals surface area contributed by atoms with Crippen LogP contribution in [0.2, 0.25) is 0 Å². The molecule has 0 amide bonds. The van der Waals surface area contributed by atoms with Crippen LogP contribution in [0.15, 0.2) is 0 Å². The molecule has 74 valence electrons. The van der Waals surface area contributed by atoms with E-state index in [1.54, 1.807) is 0 Å². The van der Waals surface area contributed by atoms with Crippen LogP contribution >= 0.6 is 12.4 Å². The third-order valence-corrected chi connectivity index (χ3v) is 1.32. The summed E-state index contributed by atoms with van der Waals surface area (Å²) in [5.74, 6) is 0. The van der Waals surface area contributed by atoms with Gasteiger partial charge in [-0.1, -0.05) is 12.8 Å². The SMILES string of the molecule is Cl.NCCCCCCOC(=O)O. The maximum atomic E-state index is 9.85. The number of nitrogens with two attached hydrogens (primary N) is 1. The Kier molecular flexibility index (Phi) is 12.3. The van der Waals surface area contributed by atoms with E-state index in [9.17, 15) is 4.79 Å². The van der Waals surface area contributed by atoms with Gasteiger partial charge in [-0.15, -0.1) is 12.4 Å². The van der Waals surface area contributed by atoms with Crippen molar-refractivity contribution in [3.05, 3.63) is 0 Å². The van der Waals surface area contributed by atoms with Crippen molar-refractivity contribution in [2.75, 3.05) is 13.2 Å². The lowest BCUT2D eigenvalue weighted by Crippen LogP contribution is -2.02. The molecular weight excluding hydrogens is 182 g/mol. The molecule has 0 saturated carbocycles. The average Bonchev–Trinajstić information content (AvgIpc) is 1.96. The van der Waals surface area contributed by atoms with Crippen molar-refractivity contribution in [2.24, 2.45) is 5.73 Å². The van der Waals surface area contributed by atoms with Crippen molar-refractivity contribution >= 4 is 18.6 Å². The van der Waals surface area contributed by atoms with Crippen molar-refractivity contribution < 1.29 is 14.6 Å². The van der Waals surface area contributed by atoms with Crippen molar-refractivity contribution in [3.8, 4) is 0 Å². The van der Waals surface area contributed by atoms with Gasteiger partial charge in [0.2, 0.25) is 0 Å². The third kappa shape index (κ3) is 12.2. The minimum Gasteiger partial charge on any atom is -0.450 e. The van der Waals surface area contributed by atoms with Gasteiger partial charge in [-0.25, -0.2) is 4.79 Å². The number of rotatable bonds is 6. The minimum atomic E-state index is -1.19. The summed E-state index contributed by atoms with van der Waals surface area (Å²) in [5.41, 5.74) is 5.27. The summed E-state index contributed by atoms with van der Waals surface area (Å²) in [6, 6.07) is 0. The molecule has 5 heteroatoms. The van der Waals surface area contributed by atoms with Crippen LogP contribution in [0.4, 0.5) is 4.79 Å². The van der Waals surface area contributed by atoms with Gasteiger partial charge >= 0.3 is 6.16 Å². The minimum absolute atomic E-state index is 0. The fourth-order valence-corrected chi connectivity index (χ4v) is 0.759. The zero-order valence-corrected chi connectivity index (χ0v) is 7.81. The standard InChI is InChI=1S/C7H15NO3.ClH/c8-5-3-1-2-4-6-11-7(9)10;/h1-6,8H2,(H,9,10);1H. The topological polar surface area (TPSA) is 72.5 Å². The molecular formula is C7H16ClNO3. The molecule has 0 unspecified atom stereocenters. The molecule has 0 aromatic rings. The quantitative estimate of drug-likeness (QED) is 0.502. The van der Waals surface area contributed by atoms with Crippen LogP contribution in [0, 0.1) is 0 Å². The summed E-state index contributed by atoms with van der Waals surface area (Å²) in [6.45, 7) is 1.01. The first-order valence-corrected chi connectivity index (χ1v) is 3.83. The van der Waals surface area contributed by atoms with E-state index in [0.29, 0.717) is 13.2 Å². The van der Waals surface area contributed by atoms with E-state index in [1.165, 1.54) is 0 Å². The van der Waals surface area contributed by atoms with E-state index in [1.807, 2.05) is 0 Å². The molecule has 0 heterocycles. The second kappa shape index (κ2) is 10.5. The van der Waals surface area contributed by atoms with E-state index in [4.69, 9.17) is 10.8 Å². The Bertz CT molecular complexity index is 111. The Morgan fingerprint density at radius 3 is 2.33 bits per heavy atom. The van der Waals surface area contributed by atoms with Gasteiger partial charge in [0.15, 0.2) is 0 Å². The highest BCUT2D eigenvalue weighted by atomic mass is 35.5. The van der Waals surface area contributed by atoms with Gasteiger partial charge in [0.05, 0.1) is 6.61 Å². The highest BCUT2D eigenvalue weighted by molar-refractivity contribution is 5.85. The predicted octanol–water partition coefficient (Wildman–Crippen LogP) is 1.62. The number of hydrogen-bond acceptors (Lipinski definition) is 3. The Morgan fingerprint density at radius 2 is 1.83 bits per heavy atom. The number of unbranched alkanes of at least 4 members (excludes halogenated alkanes) is 3. The molecule has 0 aliphatic carbocycles. The van der Waals surface area contributed by atoms with Gasteiger partial charge < -0.3 is 15.6 Å². The normalized spacial score (nSPS) is 8.75. The Hall–Kier alpha value is -0.480. The second-order valence-electron chi connectivity index (χ2n) is 2.32. The molecule has 0 atom stereocenters. The number of carbonyl (C=O) groups is 1. The number of halogens is 1. The van der Waals surface area contributed by atoms with Gasteiger partial charge in [-0.05, 0) is 19.4 Å². The van der Waals surface area contributed by atoms with Gasteiger partial charge in [0, 0.05) is 0 Å². The zero-order valence-electron chi connectivity index (χ0n) is 6.99. The van der Waals surface area contributed by atoms with E-state index < -0.39 is 6.16 Å². The van der Waals surface area contributed by atoms with Crippen molar-refractivity contribution in [2.45, 2.75) is 25.7 Å². The smallest absolute Gasteiger partial charge is 0.450 e. The van der Waals surface area contributed by atoms with Crippen LogP contribution in [-0.2, 0) is 4.74 Å².